The van der Waals surface area contributed by atoms with E-state index in [9.17, 15) is 13.2 Å². The number of halogens is 1. The highest BCUT2D eigenvalue weighted by molar-refractivity contribution is 7.89. The van der Waals surface area contributed by atoms with E-state index in [0.717, 1.165) is 9.87 Å². The molecule has 0 spiro atoms. The first-order chi connectivity index (χ1) is 11.9. The van der Waals surface area contributed by atoms with Crippen LogP contribution in [0.25, 0.3) is 6.08 Å². The molecule has 7 heteroatoms. The molecule has 0 fully saturated rings. The molecule has 0 aliphatic heterocycles. The monoisotopic (exact) mass is 379 g/mol. The summed E-state index contributed by atoms with van der Waals surface area (Å²) in [5, 5.41) is 0.436. The molecule has 25 heavy (non-hydrogen) atoms. The van der Waals surface area contributed by atoms with Crippen molar-refractivity contribution >= 4 is 33.7 Å². The smallest absolute Gasteiger partial charge is 0.321 e. The van der Waals surface area contributed by atoms with E-state index in [-0.39, 0.29) is 18.0 Å². The Balaban J connectivity index is 1.87. The lowest BCUT2D eigenvalue weighted by molar-refractivity contribution is -0.142. The van der Waals surface area contributed by atoms with Crippen LogP contribution < -0.4 is 0 Å². The molecular formula is C18H18ClNO4S. The zero-order valence-corrected chi connectivity index (χ0v) is 15.2. The SMILES string of the molecule is CN(CC(=O)OC/C=C/c1ccccc1)S(=O)(=O)c1ccc(Cl)cc1. The first-order valence-electron chi connectivity index (χ1n) is 7.49. The van der Waals surface area contributed by atoms with Crippen molar-refractivity contribution in [3.05, 3.63) is 71.3 Å². The van der Waals surface area contributed by atoms with Gasteiger partial charge in [0.1, 0.15) is 13.2 Å². The van der Waals surface area contributed by atoms with Gasteiger partial charge < -0.3 is 4.74 Å². The number of carbonyl (C=O) groups is 1. The molecule has 0 radical (unpaired) electrons. The fourth-order valence-corrected chi connectivity index (χ4v) is 3.23. The molecule has 5 nitrogen and oxygen atoms in total. The Kier molecular flexibility index (Phi) is 6.75. The van der Waals surface area contributed by atoms with Gasteiger partial charge in [0.25, 0.3) is 0 Å². The van der Waals surface area contributed by atoms with Crippen molar-refractivity contribution < 1.29 is 17.9 Å². The van der Waals surface area contributed by atoms with Crippen molar-refractivity contribution in [3.63, 3.8) is 0 Å². The topological polar surface area (TPSA) is 63.7 Å². The molecule has 0 unspecified atom stereocenters. The van der Waals surface area contributed by atoms with Crippen molar-refractivity contribution in [1.82, 2.24) is 4.31 Å². The molecule has 0 aliphatic rings. The number of benzene rings is 2. The van der Waals surface area contributed by atoms with Crippen molar-refractivity contribution in [1.29, 1.82) is 0 Å². The molecule has 0 atom stereocenters. The van der Waals surface area contributed by atoms with Crippen LogP contribution in [-0.4, -0.2) is 38.9 Å². The van der Waals surface area contributed by atoms with Gasteiger partial charge in [-0.1, -0.05) is 48.0 Å². The van der Waals surface area contributed by atoms with Gasteiger partial charge in [0.05, 0.1) is 4.90 Å². The fourth-order valence-electron chi connectivity index (χ4n) is 1.99. The summed E-state index contributed by atoms with van der Waals surface area (Å²) in [5.74, 6) is -0.627. The van der Waals surface area contributed by atoms with Gasteiger partial charge in [-0.15, -0.1) is 0 Å². The van der Waals surface area contributed by atoms with E-state index < -0.39 is 16.0 Å². The molecule has 0 saturated heterocycles. The van der Waals surface area contributed by atoms with E-state index in [1.54, 1.807) is 6.08 Å². The second-order valence-corrected chi connectivity index (χ2v) is 7.69. The minimum atomic E-state index is -3.77. The Labute approximate surface area is 152 Å². The molecule has 0 amide bonds. The van der Waals surface area contributed by atoms with Gasteiger partial charge in [0.15, 0.2) is 0 Å². The number of ether oxygens (including phenoxy) is 1. The first-order valence-corrected chi connectivity index (χ1v) is 9.30. The second kappa shape index (κ2) is 8.80. The van der Waals surface area contributed by atoms with Gasteiger partial charge in [0.2, 0.25) is 10.0 Å². The Morgan fingerprint density at radius 3 is 2.40 bits per heavy atom. The summed E-state index contributed by atoms with van der Waals surface area (Å²) in [4.78, 5) is 11.9. The van der Waals surface area contributed by atoms with Crippen LogP contribution in [0.15, 0.2) is 65.6 Å². The first kappa shape index (κ1) is 19.2. The normalized spacial score (nSPS) is 11.8. The zero-order valence-electron chi connectivity index (χ0n) is 13.6. The largest absolute Gasteiger partial charge is 0.460 e. The second-order valence-electron chi connectivity index (χ2n) is 5.21. The maximum absolute atomic E-state index is 12.4. The Hall–Kier alpha value is -2.15. The Bertz CT molecular complexity index is 833. The lowest BCUT2D eigenvalue weighted by Gasteiger charge is -2.16. The summed E-state index contributed by atoms with van der Waals surface area (Å²) in [6, 6.07) is 15.3. The third kappa shape index (κ3) is 5.70. The molecule has 0 saturated carbocycles. The minimum Gasteiger partial charge on any atom is -0.460 e. The molecule has 0 N–H and O–H groups in total. The average Bonchev–Trinajstić information content (AvgIpc) is 2.60. The zero-order chi connectivity index (χ0) is 18.3. The molecule has 132 valence electrons. The Morgan fingerprint density at radius 2 is 1.76 bits per heavy atom. The molecule has 2 aromatic rings. The van der Waals surface area contributed by atoms with Crippen LogP contribution in [0.2, 0.25) is 5.02 Å². The lowest BCUT2D eigenvalue weighted by atomic mass is 10.2. The summed E-state index contributed by atoms with van der Waals surface area (Å²) < 4.78 is 30.7. The van der Waals surface area contributed by atoms with Crippen LogP contribution >= 0.6 is 11.6 Å². The molecular weight excluding hydrogens is 362 g/mol. The van der Waals surface area contributed by atoms with Gasteiger partial charge in [-0.3, -0.25) is 4.79 Å². The number of carbonyl (C=O) groups excluding carboxylic acids is 1. The van der Waals surface area contributed by atoms with Crippen molar-refractivity contribution in [2.24, 2.45) is 0 Å². The highest BCUT2D eigenvalue weighted by Gasteiger charge is 2.23. The maximum Gasteiger partial charge on any atom is 0.321 e. The highest BCUT2D eigenvalue weighted by atomic mass is 35.5. The van der Waals surface area contributed by atoms with Crippen LogP contribution in [-0.2, 0) is 19.6 Å². The van der Waals surface area contributed by atoms with Crippen LogP contribution in [0.1, 0.15) is 5.56 Å². The molecule has 2 aromatic carbocycles. The van der Waals surface area contributed by atoms with E-state index in [4.69, 9.17) is 16.3 Å². The van der Waals surface area contributed by atoms with E-state index in [0.29, 0.717) is 5.02 Å². The predicted molar refractivity (Wildman–Crippen MR) is 97.7 cm³/mol. The van der Waals surface area contributed by atoms with Gasteiger partial charge >= 0.3 is 5.97 Å². The molecule has 0 aromatic heterocycles. The number of rotatable bonds is 7. The number of hydrogen-bond acceptors (Lipinski definition) is 4. The lowest BCUT2D eigenvalue weighted by Crippen LogP contribution is -2.33. The Morgan fingerprint density at radius 1 is 1.12 bits per heavy atom. The summed E-state index contributed by atoms with van der Waals surface area (Å²) in [7, 11) is -2.44. The van der Waals surface area contributed by atoms with Crippen molar-refractivity contribution in [2.75, 3.05) is 20.2 Å². The fraction of sp³-hybridized carbons (Fsp3) is 0.167. The third-order valence-corrected chi connectivity index (χ3v) is 5.39. The van der Waals surface area contributed by atoms with Crippen molar-refractivity contribution in [2.45, 2.75) is 4.90 Å². The average molecular weight is 380 g/mol. The van der Waals surface area contributed by atoms with Crippen LogP contribution in [0.4, 0.5) is 0 Å². The third-order valence-electron chi connectivity index (χ3n) is 3.32. The van der Waals surface area contributed by atoms with E-state index in [2.05, 4.69) is 0 Å². The number of likely N-dealkylation sites (N-methyl/N-ethyl adjacent to an activating group) is 1. The van der Waals surface area contributed by atoms with E-state index in [1.165, 1.54) is 31.3 Å². The summed E-state index contributed by atoms with van der Waals surface area (Å²) in [5.41, 5.74) is 0.987. The highest BCUT2D eigenvalue weighted by Crippen LogP contribution is 2.17. The number of nitrogens with zero attached hydrogens (tertiary/aromatic N) is 1. The summed E-state index contributed by atoms with van der Waals surface area (Å²) >= 11 is 5.75. The number of hydrogen-bond donors (Lipinski definition) is 0. The molecule has 0 heterocycles. The quantitative estimate of drug-likeness (QED) is 0.693. The van der Waals surface area contributed by atoms with E-state index >= 15 is 0 Å². The standard InChI is InChI=1S/C18H18ClNO4S/c1-20(25(22,23)17-11-9-16(19)10-12-17)14-18(21)24-13-5-8-15-6-3-2-4-7-15/h2-12H,13-14H2,1H3/b8-5+. The minimum absolute atomic E-state index is 0.0659. The van der Waals surface area contributed by atoms with Crippen LogP contribution in [0, 0.1) is 0 Å². The summed E-state index contributed by atoms with van der Waals surface area (Å²) in [6.07, 6.45) is 3.52. The van der Waals surface area contributed by atoms with Crippen molar-refractivity contribution in [3.8, 4) is 0 Å². The summed E-state index contributed by atoms with van der Waals surface area (Å²) in [6.45, 7) is -0.299. The van der Waals surface area contributed by atoms with Gasteiger partial charge in [-0.05, 0) is 35.9 Å². The maximum atomic E-state index is 12.4. The van der Waals surface area contributed by atoms with Crippen LogP contribution in [0.5, 0.6) is 0 Å². The van der Waals surface area contributed by atoms with Crippen LogP contribution in [0.3, 0.4) is 0 Å². The predicted octanol–water partition coefficient (Wildman–Crippen LogP) is 3.22. The molecule has 0 bridgehead atoms. The van der Waals surface area contributed by atoms with Gasteiger partial charge in [-0.25, -0.2) is 8.42 Å². The number of esters is 1. The molecule has 0 aliphatic carbocycles. The molecule has 2 rings (SSSR count). The van der Waals surface area contributed by atoms with Gasteiger partial charge in [0, 0.05) is 12.1 Å². The van der Waals surface area contributed by atoms with Gasteiger partial charge in [-0.2, -0.15) is 4.31 Å². The van der Waals surface area contributed by atoms with E-state index in [1.807, 2.05) is 36.4 Å². The number of sulfonamides is 1.